The first kappa shape index (κ1) is 12.1. The number of ether oxygens (including phenoxy) is 1. The Morgan fingerprint density at radius 1 is 1.27 bits per heavy atom. The fourth-order valence-electron chi connectivity index (χ4n) is 1.90. The third-order valence-corrected chi connectivity index (χ3v) is 2.46. The summed E-state index contributed by atoms with van der Waals surface area (Å²) < 4.78 is 5.57. The highest BCUT2D eigenvalue weighted by Gasteiger charge is 2.10. The van der Waals surface area contributed by atoms with Crippen LogP contribution < -0.4 is 4.74 Å². The third kappa shape index (κ3) is 2.96. The van der Waals surface area contributed by atoms with Crippen molar-refractivity contribution in [3.63, 3.8) is 0 Å². The summed E-state index contributed by atoms with van der Waals surface area (Å²) in [4.78, 5) is 0. The molecule has 0 aromatic heterocycles. The maximum atomic E-state index is 9.61. The largest absolute Gasteiger partial charge is 0.494 e. The summed E-state index contributed by atoms with van der Waals surface area (Å²) in [7, 11) is 0. The lowest BCUT2D eigenvalue weighted by molar-refractivity contribution is 0.197. The van der Waals surface area contributed by atoms with Crippen LogP contribution in [0.15, 0.2) is 12.1 Å². The summed E-state index contributed by atoms with van der Waals surface area (Å²) >= 11 is 0. The molecular weight excluding hydrogens is 188 g/mol. The number of hydrogen-bond acceptors (Lipinski definition) is 2. The molecule has 1 N–H and O–H groups in total. The van der Waals surface area contributed by atoms with Crippen LogP contribution in [0.4, 0.5) is 0 Å². The van der Waals surface area contributed by atoms with E-state index in [9.17, 15) is 5.11 Å². The van der Waals surface area contributed by atoms with Gasteiger partial charge in [-0.1, -0.05) is 6.92 Å². The fourth-order valence-corrected chi connectivity index (χ4v) is 1.90. The quantitative estimate of drug-likeness (QED) is 0.823. The summed E-state index contributed by atoms with van der Waals surface area (Å²) in [5, 5.41) is 9.61. The predicted octanol–water partition coefficient (Wildman–Crippen LogP) is 3.15. The van der Waals surface area contributed by atoms with Gasteiger partial charge in [-0.05, 0) is 56.0 Å². The number of aliphatic hydroxyl groups excluding tert-OH is 1. The predicted molar refractivity (Wildman–Crippen MR) is 62.3 cm³/mol. The number of aryl methyl sites for hydroxylation is 2. The Morgan fingerprint density at radius 3 is 2.20 bits per heavy atom. The van der Waals surface area contributed by atoms with E-state index in [1.807, 2.05) is 26.0 Å². The molecule has 0 aliphatic rings. The van der Waals surface area contributed by atoms with Gasteiger partial charge in [-0.2, -0.15) is 0 Å². The minimum absolute atomic E-state index is 0.412. The van der Waals surface area contributed by atoms with Crippen LogP contribution in [0.5, 0.6) is 5.75 Å². The van der Waals surface area contributed by atoms with Gasteiger partial charge in [0.25, 0.3) is 0 Å². The molecular formula is C13H20O2. The number of aliphatic hydroxyl groups is 1. The maximum absolute atomic E-state index is 9.61. The number of benzene rings is 1. The first-order valence-electron chi connectivity index (χ1n) is 5.48. The van der Waals surface area contributed by atoms with Gasteiger partial charge in [0.1, 0.15) is 5.75 Å². The summed E-state index contributed by atoms with van der Waals surface area (Å²) in [5.41, 5.74) is 3.20. The Morgan fingerprint density at radius 2 is 1.80 bits per heavy atom. The van der Waals surface area contributed by atoms with Crippen LogP contribution >= 0.6 is 0 Å². The lowest BCUT2D eigenvalue weighted by atomic mass is 9.98. The smallest absolute Gasteiger partial charge is 0.119 e. The van der Waals surface area contributed by atoms with Gasteiger partial charge in [0.2, 0.25) is 0 Å². The Hall–Kier alpha value is -1.02. The molecule has 0 heterocycles. The van der Waals surface area contributed by atoms with Crippen molar-refractivity contribution in [3.05, 3.63) is 28.8 Å². The maximum Gasteiger partial charge on any atom is 0.119 e. The molecule has 0 saturated heterocycles. The van der Waals surface area contributed by atoms with Crippen molar-refractivity contribution >= 4 is 0 Å². The Bertz CT molecular complexity index is 306. The lowest BCUT2D eigenvalue weighted by Crippen LogP contribution is -2.01. The molecule has 0 amide bonds. The van der Waals surface area contributed by atoms with Gasteiger partial charge in [0.05, 0.1) is 12.7 Å². The van der Waals surface area contributed by atoms with Crippen molar-refractivity contribution in [1.29, 1.82) is 0 Å². The highest BCUT2D eigenvalue weighted by molar-refractivity contribution is 5.42. The first-order chi connectivity index (χ1) is 7.06. The fraction of sp³-hybridized carbons (Fsp3) is 0.538. The zero-order valence-electron chi connectivity index (χ0n) is 10.0. The molecule has 0 spiro atoms. The second-order valence-corrected chi connectivity index (χ2v) is 4.00. The normalized spacial score (nSPS) is 12.6. The standard InChI is InChI=1S/C13H20O2/c1-5-6-15-12-7-9(2)13(11(4)14)10(3)8-12/h7-8,11,14H,5-6H2,1-4H3/t11-/m0/s1. The van der Waals surface area contributed by atoms with Crippen LogP contribution in [0.1, 0.15) is 43.1 Å². The lowest BCUT2D eigenvalue weighted by Gasteiger charge is -2.15. The van der Waals surface area contributed by atoms with Crippen molar-refractivity contribution in [1.82, 2.24) is 0 Å². The molecule has 1 aromatic carbocycles. The van der Waals surface area contributed by atoms with Gasteiger partial charge in [-0.25, -0.2) is 0 Å². The van der Waals surface area contributed by atoms with Crippen LogP contribution in [0.2, 0.25) is 0 Å². The minimum Gasteiger partial charge on any atom is -0.494 e. The van der Waals surface area contributed by atoms with E-state index in [1.54, 1.807) is 6.92 Å². The average Bonchev–Trinajstić information content (AvgIpc) is 2.12. The zero-order chi connectivity index (χ0) is 11.4. The van der Waals surface area contributed by atoms with Crippen molar-refractivity contribution < 1.29 is 9.84 Å². The molecule has 1 aromatic rings. The van der Waals surface area contributed by atoms with E-state index < -0.39 is 6.10 Å². The third-order valence-electron chi connectivity index (χ3n) is 2.46. The number of rotatable bonds is 4. The molecule has 15 heavy (non-hydrogen) atoms. The first-order valence-corrected chi connectivity index (χ1v) is 5.48. The molecule has 0 unspecified atom stereocenters. The molecule has 0 bridgehead atoms. The van der Waals surface area contributed by atoms with E-state index in [0.717, 1.165) is 35.5 Å². The van der Waals surface area contributed by atoms with E-state index in [-0.39, 0.29) is 0 Å². The second-order valence-electron chi connectivity index (χ2n) is 4.00. The molecule has 1 atom stereocenters. The van der Waals surface area contributed by atoms with Gasteiger partial charge in [0, 0.05) is 0 Å². The molecule has 0 aliphatic carbocycles. The van der Waals surface area contributed by atoms with Crippen LogP contribution in [0.3, 0.4) is 0 Å². The van der Waals surface area contributed by atoms with Gasteiger partial charge >= 0.3 is 0 Å². The molecule has 1 rings (SSSR count). The molecule has 2 heteroatoms. The Kier molecular flexibility index (Phi) is 4.15. The van der Waals surface area contributed by atoms with Crippen LogP contribution in [0.25, 0.3) is 0 Å². The van der Waals surface area contributed by atoms with Crippen LogP contribution in [-0.4, -0.2) is 11.7 Å². The number of hydrogen-bond donors (Lipinski definition) is 1. The van der Waals surface area contributed by atoms with E-state index in [2.05, 4.69) is 6.92 Å². The topological polar surface area (TPSA) is 29.5 Å². The summed E-state index contributed by atoms with van der Waals surface area (Å²) in [6, 6.07) is 3.98. The van der Waals surface area contributed by atoms with Crippen LogP contribution in [-0.2, 0) is 0 Å². The van der Waals surface area contributed by atoms with Gasteiger partial charge < -0.3 is 9.84 Å². The Labute approximate surface area is 91.9 Å². The summed E-state index contributed by atoms with van der Waals surface area (Å²) in [6.45, 7) is 8.64. The summed E-state index contributed by atoms with van der Waals surface area (Å²) in [5.74, 6) is 0.899. The monoisotopic (exact) mass is 208 g/mol. The van der Waals surface area contributed by atoms with E-state index in [1.165, 1.54) is 0 Å². The molecule has 0 radical (unpaired) electrons. The van der Waals surface area contributed by atoms with Crippen LogP contribution in [0, 0.1) is 13.8 Å². The average molecular weight is 208 g/mol. The summed E-state index contributed by atoms with van der Waals surface area (Å²) in [6.07, 6.45) is 0.598. The van der Waals surface area contributed by atoms with Crippen molar-refractivity contribution in [2.45, 2.75) is 40.2 Å². The second kappa shape index (κ2) is 5.17. The molecule has 84 valence electrons. The molecule has 0 saturated carbocycles. The van der Waals surface area contributed by atoms with E-state index in [4.69, 9.17) is 4.74 Å². The Balaban J connectivity index is 2.97. The minimum atomic E-state index is -0.412. The zero-order valence-corrected chi connectivity index (χ0v) is 10.0. The molecule has 2 nitrogen and oxygen atoms in total. The van der Waals surface area contributed by atoms with Gasteiger partial charge in [-0.3, -0.25) is 0 Å². The van der Waals surface area contributed by atoms with Gasteiger partial charge in [-0.15, -0.1) is 0 Å². The molecule has 0 aliphatic heterocycles. The van der Waals surface area contributed by atoms with E-state index >= 15 is 0 Å². The SMILES string of the molecule is CCCOc1cc(C)c([C@H](C)O)c(C)c1. The van der Waals surface area contributed by atoms with E-state index in [0.29, 0.717) is 0 Å². The van der Waals surface area contributed by atoms with Crippen molar-refractivity contribution in [2.24, 2.45) is 0 Å². The van der Waals surface area contributed by atoms with Crippen molar-refractivity contribution in [3.8, 4) is 5.75 Å². The van der Waals surface area contributed by atoms with Crippen molar-refractivity contribution in [2.75, 3.05) is 6.61 Å². The van der Waals surface area contributed by atoms with Gasteiger partial charge in [0.15, 0.2) is 0 Å². The highest BCUT2D eigenvalue weighted by atomic mass is 16.5. The molecule has 0 fully saturated rings. The highest BCUT2D eigenvalue weighted by Crippen LogP contribution is 2.26.